The first-order valence-corrected chi connectivity index (χ1v) is 10.5. The number of urea groups is 1. The van der Waals surface area contributed by atoms with Crippen molar-refractivity contribution in [1.29, 1.82) is 0 Å². The maximum atomic E-state index is 14.5. The number of benzene rings is 2. The van der Waals surface area contributed by atoms with Crippen LogP contribution in [0.15, 0.2) is 34.7 Å². The number of carbonyl (C=O) groups excluding carboxylic acids is 2. The van der Waals surface area contributed by atoms with Gasteiger partial charge in [0.1, 0.15) is 28.7 Å². The van der Waals surface area contributed by atoms with Crippen LogP contribution < -0.4 is 16.0 Å². The van der Waals surface area contributed by atoms with Gasteiger partial charge in [-0.2, -0.15) is 0 Å². The molecule has 32 heavy (non-hydrogen) atoms. The molecule has 2 heterocycles. The number of fused-ring (bicyclic) bond motifs is 1. The molecule has 2 aromatic carbocycles. The Labute approximate surface area is 186 Å². The van der Waals surface area contributed by atoms with E-state index in [0.717, 1.165) is 0 Å². The van der Waals surface area contributed by atoms with Gasteiger partial charge in [0.05, 0.1) is 0 Å². The van der Waals surface area contributed by atoms with E-state index in [1.165, 1.54) is 12.1 Å². The van der Waals surface area contributed by atoms with Gasteiger partial charge in [0.25, 0.3) is 0 Å². The third-order valence-corrected chi connectivity index (χ3v) is 6.16. The molecule has 5 rings (SSSR count). The number of carbonyl (C=O) groups is 2. The van der Waals surface area contributed by atoms with Crippen molar-refractivity contribution in [1.82, 2.24) is 20.9 Å². The van der Waals surface area contributed by atoms with Crippen LogP contribution >= 0.6 is 11.6 Å². The molecule has 1 aliphatic heterocycles. The Kier molecular flexibility index (Phi) is 4.81. The molecule has 1 aliphatic carbocycles. The molecule has 3 amide bonds. The number of hydrogen-bond acceptors (Lipinski definition) is 4. The number of halogens is 3. The van der Waals surface area contributed by atoms with Gasteiger partial charge in [-0.25, -0.2) is 18.6 Å². The maximum absolute atomic E-state index is 14.5. The normalized spacial score (nSPS) is 21.4. The monoisotopic (exact) mass is 460 g/mol. The number of oxazole rings is 1. The molecule has 7 nitrogen and oxygen atoms in total. The van der Waals surface area contributed by atoms with Crippen LogP contribution in [0.4, 0.5) is 13.6 Å². The van der Waals surface area contributed by atoms with E-state index in [4.69, 9.17) is 16.0 Å². The molecule has 1 saturated heterocycles. The van der Waals surface area contributed by atoms with Crippen LogP contribution in [-0.2, 0) is 10.3 Å². The van der Waals surface area contributed by atoms with Crippen molar-refractivity contribution in [3.8, 4) is 0 Å². The van der Waals surface area contributed by atoms with Gasteiger partial charge in [-0.1, -0.05) is 11.6 Å². The highest BCUT2D eigenvalue weighted by molar-refractivity contribution is 6.31. The predicted molar refractivity (Wildman–Crippen MR) is 112 cm³/mol. The smallest absolute Gasteiger partial charge is 0.316 e. The van der Waals surface area contributed by atoms with Crippen molar-refractivity contribution in [3.63, 3.8) is 0 Å². The third-order valence-electron chi connectivity index (χ3n) is 5.92. The van der Waals surface area contributed by atoms with Gasteiger partial charge in [0.15, 0.2) is 5.58 Å². The topological polar surface area (TPSA) is 96.3 Å². The fourth-order valence-electron chi connectivity index (χ4n) is 4.14. The number of nitrogens with zero attached hydrogens (tertiary/aromatic N) is 1. The molecule has 0 radical (unpaired) electrons. The summed E-state index contributed by atoms with van der Waals surface area (Å²) < 4.78 is 34.8. The average molecular weight is 461 g/mol. The summed E-state index contributed by atoms with van der Waals surface area (Å²) in [4.78, 5) is 29.5. The lowest BCUT2D eigenvalue weighted by atomic mass is 9.92. The number of aromatic nitrogens is 1. The lowest BCUT2D eigenvalue weighted by Crippen LogP contribution is -2.50. The molecule has 2 atom stereocenters. The molecule has 3 aromatic rings. The molecular formula is C22H19ClF2N4O3. The van der Waals surface area contributed by atoms with E-state index in [-0.39, 0.29) is 12.1 Å². The first kappa shape index (κ1) is 20.7. The number of amides is 3. The van der Waals surface area contributed by atoms with Crippen molar-refractivity contribution in [2.45, 2.75) is 37.3 Å². The van der Waals surface area contributed by atoms with E-state index in [2.05, 4.69) is 20.9 Å². The van der Waals surface area contributed by atoms with E-state index in [1.807, 2.05) is 0 Å². The summed E-state index contributed by atoms with van der Waals surface area (Å²) in [5.41, 5.74) is 0.510. The lowest BCUT2D eigenvalue weighted by Gasteiger charge is -2.22. The van der Waals surface area contributed by atoms with Crippen LogP contribution in [0.3, 0.4) is 0 Å². The van der Waals surface area contributed by atoms with E-state index in [1.54, 1.807) is 25.1 Å². The number of rotatable bonds is 4. The molecule has 10 heteroatoms. The largest absolute Gasteiger partial charge is 0.438 e. The van der Waals surface area contributed by atoms with E-state index in [9.17, 15) is 18.4 Å². The molecule has 166 valence electrons. The first-order valence-electron chi connectivity index (χ1n) is 10.1. The molecule has 0 spiro atoms. The minimum absolute atomic E-state index is 0.0116. The quantitative estimate of drug-likeness (QED) is 0.554. The van der Waals surface area contributed by atoms with Crippen molar-refractivity contribution < 1.29 is 22.8 Å². The van der Waals surface area contributed by atoms with Crippen LogP contribution in [0.5, 0.6) is 0 Å². The van der Waals surface area contributed by atoms with Gasteiger partial charge in [0, 0.05) is 23.0 Å². The second-order valence-corrected chi connectivity index (χ2v) is 8.72. The first-order chi connectivity index (χ1) is 15.3. The molecule has 1 aromatic heterocycles. The fraction of sp³-hybridized carbons (Fsp3) is 0.318. The summed E-state index contributed by atoms with van der Waals surface area (Å²) >= 11 is 5.99. The molecule has 2 aliphatic rings. The number of nitrogens with one attached hydrogen (secondary N) is 3. The Morgan fingerprint density at radius 3 is 2.66 bits per heavy atom. The van der Waals surface area contributed by atoms with Crippen LogP contribution in [0.25, 0.3) is 11.1 Å². The Morgan fingerprint density at radius 1 is 1.25 bits per heavy atom. The highest BCUT2D eigenvalue weighted by Crippen LogP contribution is 2.46. The summed E-state index contributed by atoms with van der Waals surface area (Å²) in [7, 11) is 0. The molecule has 3 N–H and O–H groups in total. The van der Waals surface area contributed by atoms with Gasteiger partial charge < -0.3 is 20.4 Å². The average Bonchev–Trinajstić information content (AvgIpc) is 3.23. The lowest BCUT2D eigenvalue weighted by molar-refractivity contribution is -0.120. The van der Waals surface area contributed by atoms with Gasteiger partial charge >= 0.3 is 6.03 Å². The summed E-state index contributed by atoms with van der Waals surface area (Å²) in [5.74, 6) is -2.55. The molecule has 0 unspecified atom stereocenters. The number of hydrogen-bond donors (Lipinski definition) is 3. The molecule has 0 bridgehead atoms. The van der Waals surface area contributed by atoms with Crippen LogP contribution in [-0.4, -0.2) is 29.5 Å². The summed E-state index contributed by atoms with van der Waals surface area (Å²) in [6.45, 7) is 1.59. The van der Waals surface area contributed by atoms with Gasteiger partial charge in [-0.15, -0.1) is 0 Å². The fourth-order valence-corrected chi connectivity index (χ4v) is 4.30. The standard InChI is InChI=1S/C22H19ClF2N4O3/c1-10-6-13(24)17(14(25)7-10)12-9-26-19(30)18(12)28-21(31)29-22(4-5-22)20-27-15-8-11(23)2-3-16(15)32-20/h2-3,6-8,12,18H,4-5,9H2,1H3,(H,26,30)(H2,28,29,31)/t12-,18-/m0/s1. The van der Waals surface area contributed by atoms with Crippen LogP contribution in [0, 0.1) is 18.6 Å². The van der Waals surface area contributed by atoms with E-state index >= 15 is 0 Å². The highest BCUT2D eigenvalue weighted by Gasteiger charge is 2.51. The predicted octanol–water partition coefficient (Wildman–Crippen LogP) is 3.64. The highest BCUT2D eigenvalue weighted by atomic mass is 35.5. The SMILES string of the molecule is Cc1cc(F)c([C@@H]2CNC(=O)[C@H]2NC(=O)NC2(c3nc4cc(Cl)ccc4o3)CC2)c(F)c1. The van der Waals surface area contributed by atoms with Crippen LogP contribution in [0.1, 0.15) is 35.8 Å². The van der Waals surface area contributed by atoms with Crippen molar-refractivity contribution in [2.24, 2.45) is 0 Å². The van der Waals surface area contributed by atoms with Crippen LogP contribution in [0.2, 0.25) is 5.02 Å². The maximum Gasteiger partial charge on any atom is 0.316 e. The van der Waals surface area contributed by atoms with Gasteiger partial charge in [0.2, 0.25) is 11.8 Å². The summed E-state index contributed by atoms with van der Waals surface area (Å²) in [6.07, 6.45) is 1.20. The minimum atomic E-state index is -1.13. The Balaban J connectivity index is 1.35. The number of aryl methyl sites for hydroxylation is 1. The third kappa shape index (κ3) is 3.56. The van der Waals surface area contributed by atoms with Gasteiger partial charge in [-0.3, -0.25) is 4.79 Å². The zero-order valence-electron chi connectivity index (χ0n) is 17.0. The van der Waals surface area contributed by atoms with Crippen molar-refractivity contribution >= 4 is 34.6 Å². The van der Waals surface area contributed by atoms with E-state index in [0.29, 0.717) is 40.4 Å². The second kappa shape index (κ2) is 7.44. The van der Waals surface area contributed by atoms with E-state index < -0.39 is 41.1 Å². The van der Waals surface area contributed by atoms with Crippen molar-refractivity contribution in [2.75, 3.05) is 6.54 Å². The minimum Gasteiger partial charge on any atom is -0.438 e. The van der Waals surface area contributed by atoms with Gasteiger partial charge in [-0.05, 0) is 55.7 Å². The summed E-state index contributed by atoms with van der Waals surface area (Å²) in [5, 5.41) is 8.46. The van der Waals surface area contributed by atoms with Crippen molar-refractivity contribution in [3.05, 3.63) is 64.0 Å². The molecular weight excluding hydrogens is 442 g/mol. The zero-order valence-corrected chi connectivity index (χ0v) is 17.7. The Hall–Kier alpha value is -3.20. The second-order valence-electron chi connectivity index (χ2n) is 8.28. The Bertz CT molecular complexity index is 1230. The Morgan fingerprint density at radius 2 is 1.97 bits per heavy atom. The molecule has 1 saturated carbocycles. The summed E-state index contributed by atoms with van der Waals surface area (Å²) in [6, 6.07) is 5.68. The molecule has 2 fully saturated rings. The zero-order chi connectivity index (χ0) is 22.6.